The zero-order chi connectivity index (χ0) is 13.5. The van der Waals surface area contributed by atoms with Crippen molar-refractivity contribution in [2.45, 2.75) is 12.5 Å². The number of anilines is 1. The molecule has 1 atom stereocenters. The molecular formula is C12H16N2O4. The molecule has 1 amide bonds. The lowest BCUT2D eigenvalue weighted by molar-refractivity contribution is -0.118. The van der Waals surface area contributed by atoms with Crippen molar-refractivity contribution < 1.29 is 19.4 Å². The van der Waals surface area contributed by atoms with Gasteiger partial charge in [-0.3, -0.25) is 4.79 Å². The fourth-order valence-electron chi connectivity index (χ4n) is 1.41. The maximum absolute atomic E-state index is 11.6. The molecule has 0 spiro atoms. The molecule has 0 aliphatic rings. The molecule has 6 heteroatoms. The third-order valence-corrected chi connectivity index (χ3v) is 2.40. The summed E-state index contributed by atoms with van der Waals surface area (Å²) in [4.78, 5) is 22.4. The Labute approximate surface area is 105 Å². The average Bonchev–Trinajstić information content (AvgIpc) is 2.36. The molecule has 0 saturated heterocycles. The third kappa shape index (κ3) is 4.15. The summed E-state index contributed by atoms with van der Waals surface area (Å²) in [6.07, 6.45) is -0.211. The molecule has 0 aliphatic carbocycles. The van der Waals surface area contributed by atoms with Crippen LogP contribution in [0.15, 0.2) is 24.3 Å². The Morgan fingerprint density at radius 2 is 2.22 bits per heavy atom. The molecule has 0 aliphatic heterocycles. The molecular weight excluding hydrogens is 236 g/mol. The van der Waals surface area contributed by atoms with Gasteiger partial charge in [0.2, 0.25) is 5.91 Å². The van der Waals surface area contributed by atoms with Crippen molar-refractivity contribution >= 4 is 17.6 Å². The predicted octanol–water partition coefficient (Wildman–Crippen LogP) is 0.687. The number of nitrogens with two attached hydrogens (primary N) is 1. The molecule has 0 radical (unpaired) electrons. The summed E-state index contributed by atoms with van der Waals surface area (Å²) in [6, 6.07) is 6.03. The van der Waals surface area contributed by atoms with Gasteiger partial charge in [-0.15, -0.1) is 0 Å². The SMILES string of the molecule is COC(CN)CC(=O)Nc1cccc(C(=O)O)c1. The average molecular weight is 252 g/mol. The highest BCUT2D eigenvalue weighted by Crippen LogP contribution is 2.11. The molecule has 1 rings (SSSR count). The first kappa shape index (κ1) is 14.1. The molecule has 0 heterocycles. The van der Waals surface area contributed by atoms with E-state index in [9.17, 15) is 9.59 Å². The number of carboxylic acid groups (broad SMARTS) is 1. The van der Waals surface area contributed by atoms with E-state index in [4.69, 9.17) is 15.6 Å². The van der Waals surface area contributed by atoms with Gasteiger partial charge in [0.15, 0.2) is 0 Å². The van der Waals surface area contributed by atoms with Gasteiger partial charge in [-0.05, 0) is 18.2 Å². The lowest BCUT2D eigenvalue weighted by Crippen LogP contribution is -2.28. The van der Waals surface area contributed by atoms with E-state index in [1.807, 2.05) is 0 Å². The van der Waals surface area contributed by atoms with Gasteiger partial charge >= 0.3 is 5.97 Å². The largest absolute Gasteiger partial charge is 0.478 e. The number of carboxylic acids is 1. The van der Waals surface area contributed by atoms with Crippen LogP contribution < -0.4 is 11.1 Å². The Morgan fingerprint density at radius 3 is 2.78 bits per heavy atom. The fourth-order valence-corrected chi connectivity index (χ4v) is 1.41. The minimum Gasteiger partial charge on any atom is -0.478 e. The standard InChI is InChI=1S/C12H16N2O4/c1-18-10(7-13)6-11(15)14-9-4-2-3-8(5-9)12(16)17/h2-5,10H,6-7,13H2,1H3,(H,14,15)(H,16,17). The summed E-state index contributed by atoms with van der Waals surface area (Å²) in [7, 11) is 1.48. The Morgan fingerprint density at radius 1 is 1.50 bits per heavy atom. The predicted molar refractivity (Wildman–Crippen MR) is 66.5 cm³/mol. The molecule has 98 valence electrons. The Hall–Kier alpha value is -1.92. The van der Waals surface area contributed by atoms with Crippen molar-refractivity contribution in [3.8, 4) is 0 Å². The van der Waals surface area contributed by atoms with Gasteiger partial charge in [0.25, 0.3) is 0 Å². The van der Waals surface area contributed by atoms with E-state index in [0.717, 1.165) is 0 Å². The minimum atomic E-state index is -1.04. The van der Waals surface area contributed by atoms with Gasteiger partial charge in [0.05, 0.1) is 18.1 Å². The number of amides is 1. The lowest BCUT2D eigenvalue weighted by Gasteiger charge is -2.12. The first-order valence-corrected chi connectivity index (χ1v) is 5.43. The van der Waals surface area contributed by atoms with Crippen molar-refractivity contribution in [3.05, 3.63) is 29.8 Å². The maximum Gasteiger partial charge on any atom is 0.335 e. The van der Waals surface area contributed by atoms with E-state index in [1.54, 1.807) is 12.1 Å². The zero-order valence-corrected chi connectivity index (χ0v) is 10.1. The van der Waals surface area contributed by atoms with E-state index in [2.05, 4.69) is 5.32 Å². The second kappa shape index (κ2) is 6.73. The zero-order valence-electron chi connectivity index (χ0n) is 10.1. The first-order valence-electron chi connectivity index (χ1n) is 5.43. The van der Waals surface area contributed by atoms with Gasteiger partial charge in [0.1, 0.15) is 0 Å². The van der Waals surface area contributed by atoms with Crippen LogP contribution in [-0.2, 0) is 9.53 Å². The number of carbonyl (C=O) groups is 2. The van der Waals surface area contributed by atoms with Gasteiger partial charge in [-0.1, -0.05) is 6.07 Å². The van der Waals surface area contributed by atoms with Crippen molar-refractivity contribution in [1.82, 2.24) is 0 Å². The fraction of sp³-hybridized carbons (Fsp3) is 0.333. The summed E-state index contributed by atoms with van der Waals surface area (Å²) in [6.45, 7) is 0.249. The summed E-state index contributed by atoms with van der Waals surface area (Å²) in [5, 5.41) is 11.4. The number of hydrogen-bond donors (Lipinski definition) is 3. The number of rotatable bonds is 6. The lowest BCUT2D eigenvalue weighted by atomic mass is 10.2. The maximum atomic E-state index is 11.6. The first-order chi connectivity index (χ1) is 8.56. The van der Waals surface area contributed by atoms with E-state index in [1.165, 1.54) is 19.2 Å². The van der Waals surface area contributed by atoms with Crippen LogP contribution in [0.5, 0.6) is 0 Å². The number of hydrogen-bond acceptors (Lipinski definition) is 4. The summed E-state index contributed by atoms with van der Waals surface area (Å²) >= 11 is 0. The molecule has 1 unspecified atom stereocenters. The van der Waals surface area contributed by atoms with E-state index in [0.29, 0.717) is 5.69 Å². The molecule has 0 bridgehead atoms. The molecule has 18 heavy (non-hydrogen) atoms. The van der Waals surface area contributed by atoms with Crippen molar-refractivity contribution in [2.75, 3.05) is 19.0 Å². The normalized spacial score (nSPS) is 11.9. The topological polar surface area (TPSA) is 102 Å². The molecule has 1 aromatic rings. The van der Waals surface area contributed by atoms with Crippen molar-refractivity contribution in [2.24, 2.45) is 5.73 Å². The Bertz CT molecular complexity index is 430. The highest BCUT2D eigenvalue weighted by Gasteiger charge is 2.12. The van der Waals surface area contributed by atoms with Crippen LogP contribution in [-0.4, -0.2) is 36.7 Å². The number of carbonyl (C=O) groups excluding carboxylic acids is 1. The summed E-state index contributed by atoms with van der Waals surface area (Å²) in [5.74, 6) is -1.31. The van der Waals surface area contributed by atoms with Crippen LogP contribution in [0.25, 0.3) is 0 Å². The number of aromatic carboxylic acids is 1. The Balaban J connectivity index is 2.64. The van der Waals surface area contributed by atoms with Crippen LogP contribution in [0.1, 0.15) is 16.8 Å². The number of methoxy groups -OCH3 is 1. The quantitative estimate of drug-likeness (QED) is 0.691. The molecule has 0 fully saturated rings. The van der Waals surface area contributed by atoms with Crippen LogP contribution in [0.2, 0.25) is 0 Å². The van der Waals surface area contributed by atoms with Crippen molar-refractivity contribution in [3.63, 3.8) is 0 Å². The van der Waals surface area contributed by atoms with Crippen LogP contribution in [0.3, 0.4) is 0 Å². The molecule has 4 N–H and O–H groups in total. The number of nitrogens with one attached hydrogen (secondary N) is 1. The van der Waals surface area contributed by atoms with Crippen LogP contribution in [0.4, 0.5) is 5.69 Å². The number of benzene rings is 1. The Kier molecular flexibility index (Phi) is 5.29. The van der Waals surface area contributed by atoms with Gasteiger partial charge in [0, 0.05) is 19.3 Å². The van der Waals surface area contributed by atoms with Crippen LogP contribution >= 0.6 is 0 Å². The van der Waals surface area contributed by atoms with Gasteiger partial charge < -0.3 is 20.9 Å². The van der Waals surface area contributed by atoms with Gasteiger partial charge in [-0.25, -0.2) is 4.79 Å². The highest BCUT2D eigenvalue weighted by molar-refractivity contribution is 5.94. The minimum absolute atomic E-state index is 0.120. The molecule has 6 nitrogen and oxygen atoms in total. The third-order valence-electron chi connectivity index (χ3n) is 2.40. The molecule has 0 aromatic heterocycles. The van der Waals surface area contributed by atoms with Gasteiger partial charge in [-0.2, -0.15) is 0 Å². The highest BCUT2D eigenvalue weighted by atomic mass is 16.5. The van der Waals surface area contributed by atoms with E-state index < -0.39 is 5.97 Å². The second-order valence-corrected chi connectivity index (χ2v) is 3.73. The smallest absolute Gasteiger partial charge is 0.335 e. The number of ether oxygens (including phenoxy) is 1. The molecule has 1 aromatic carbocycles. The second-order valence-electron chi connectivity index (χ2n) is 3.73. The summed E-state index contributed by atoms with van der Waals surface area (Å²) < 4.78 is 4.99. The molecule has 0 saturated carbocycles. The monoisotopic (exact) mass is 252 g/mol. The van der Waals surface area contributed by atoms with Crippen molar-refractivity contribution in [1.29, 1.82) is 0 Å². The van der Waals surface area contributed by atoms with E-state index >= 15 is 0 Å². The van der Waals surface area contributed by atoms with Crippen LogP contribution in [0, 0.1) is 0 Å². The summed E-state index contributed by atoms with van der Waals surface area (Å²) in [5.41, 5.74) is 5.96. The van der Waals surface area contributed by atoms with E-state index in [-0.39, 0.29) is 30.5 Å².